The molecule has 1 aliphatic rings. The smallest absolute Gasteiger partial charge is 0.0608 e. The Balaban J connectivity index is 2.81. The number of hydrogen-bond donors (Lipinski definition) is 0. The minimum absolute atomic E-state index is 0.600. The van der Waals surface area contributed by atoms with Crippen LogP contribution in [0.3, 0.4) is 0 Å². The van der Waals surface area contributed by atoms with Gasteiger partial charge in [-0.15, -0.1) is 0 Å². The molecule has 1 atom stereocenters. The average Bonchev–Trinajstić information content (AvgIpc) is 1.79. The minimum Gasteiger partial charge on any atom is -0.254 e. The monoisotopic (exact) mass is 88.0 g/mol. The van der Waals surface area contributed by atoms with Gasteiger partial charge in [0.05, 0.1) is 16.6 Å². The van der Waals surface area contributed by atoms with Crippen molar-refractivity contribution in [2.45, 2.75) is 0 Å². The highest BCUT2D eigenvalue weighted by Gasteiger charge is 2.19. The highest BCUT2D eigenvalue weighted by Crippen LogP contribution is 2.15. The van der Waals surface area contributed by atoms with Crippen LogP contribution in [0.25, 0.3) is 0 Å². The third-order valence-corrected chi connectivity index (χ3v) is 1.58. The molecule has 1 aliphatic heterocycles. The van der Waals surface area contributed by atoms with Crippen molar-refractivity contribution in [3.05, 3.63) is 11.5 Å². The lowest BCUT2D eigenvalue weighted by molar-refractivity contribution is 0.695. The third-order valence-electron chi connectivity index (χ3n) is 0.525. The van der Waals surface area contributed by atoms with E-state index in [1.165, 1.54) is 0 Å². The summed E-state index contributed by atoms with van der Waals surface area (Å²) in [6.45, 7) is 3.45. The van der Waals surface area contributed by atoms with Gasteiger partial charge in [-0.2, -0.15) is 0 Å². The fraction of sp³-hybridized carbons (Fsp3) is 0.333. The predicted octanol–water partition coefficient (Wildman–Crippen LogP) is 0.262. The first-order valence-corrected chi connectivity index (χ1v) is 2.69. The lowest BCUT2D eigenvalue weighted by Gasteiger charge is -1.38. The summed E-state index contributed by atoms with van der Waals surface area (Å²) in [4.78, 5) is 0.894. The Morgan fingerprint density at radius 2 is 2.20 bits per heavy atom. The van der Waals surface area contributed by atoms with Crippen molar-refractivity contribution in [3.63, 3.8) is 0 Å². The molecule has 0 spiro atoms. The van der Waals surface area contributed by atoms with E-state index in [1.54, 1.807) is 0 Å². The lowest BCUT2D eigenvalue weighted by atomic mass is 10.8. The standard InChI is InChI=1S/C3H4OS/c1-3-2-5(3)4/h1-2H2. The van der Waals surface area contributed by atoms with E-state index < -0.39 is 10.8 Å². The van der Waals surface area contributed by atoms with E-state index in [2.05, 4.69) is 6.58 Å². The second-order valence-corrected chi connectivity index (χ2v) is 2.59. The molecule has 1 saturated heterocycles. The normalized spacial score (nSPS) is 34.4. The van der Waals surface area contributed by atoms with E-state index in [9.17, 15) is 4.21 Å². The molecule has 0 bridgehead atoms. The molecule has 0 aromatic carbocycles. The molecule has 1 unspecified atom stereocenters. The lowest BCUT2D eigenvalue weighted by Crippen LogP contribution is -1.39. The van der Waals surface area contributed by atoms with Crippen LogP contribution >= 0.6 is 0 Å². The quantitative estimate of drug-likeness (QED) is 0.388. The molecule has 5 heavy (non-hydrogen) atoms. The largest absolute Gasteiger partial charge is 0.254 e. The number of hydrogen-bond acceptors (Lipinski definition) is 1. The highest BCUT2D eigenvalue weighted by molar-refractivity contribution is 7.97. The Hall–Kier alpha value is -0.110. The van der Waals surface area contributed by atoms with Gasteiger partial charge in [0, 0.05) is 4.91 Å². The maximum absolute atomic E-state index is 9.90. The van der Waals surface area contributed by atoms with Crippen LogP contribution in [0.15, 0.2) is 11.5 Å². The van der Waals surface area contributed by atoms with Crippen LogP contribution < -0.4 is 0 Å². The van der Waals surface area contributed by atoms with Crippen LogP contribution in [-0.2, 0) is 10.8 Å². The van der Waals surface area contributed by atoms with Gasteiger partial charge in [0.25, 0.3) is 0 Å². The summed E-state index contributed by atoms with van der Waals surface area (Å²) in [6, 6.07) is 0. The van der Waals surface area contributed by atoms with E-state index in [4.69, 9.17) is 0 Å². The summed E-state index contributed by atoms with van der Waals surface area (Å²) in [7, 11) is -0.600. The van der Waals surface area contributed by atoms with Crippen molar-refractivity contribution in [3.8, 4) is 0 Å². The number of rotatable bonds is 0. The van der Waals surface area contributed by atoms with Crippen LogP contribution in [0.2, 0.25) is 0 Å². The first kappa shape index (κ1) is 3.09. The van der Waals surface area contributed by atoms with Crippen molar-refractivity contribution < 1.29 is 4.21 Å². The van der Waals surface area contributed by atoms with Gasteiger partial charge >= 0.3 is 0 Å². The van der Waals surface area contributed by atoms with Gasteiger partial charge in [-0.25, -0.2) is 0 Å². The van der Waals surface area contributed by atoms with E-state index in [-0.39, 0.29) is 0 Å². The van der Waals surface area contributed by atoms with Crippen LogP contribution in [0, 0.1) is 0 Å². The second-order valence-electron chi connectivity index (χ2n) is 1.03. The zero-order valence-corrected chi connectivity index (χ0v) is 3.55. The molecule has 0 N–H and O–H groups in total. The molecular weight excluding hydrogens is 84.1 g/mol. The molecule has 2 heteroatoms. The van der Waals surface area contributed by atoms with E-state index in [0.29, 0.717) is 0 Å². The summed E-state index contributed by atoms with van der Waals surface area (Å²) in [6.07, 6.45) is 0. The molecule has 0 amide bonds. The Bertz CT molecular complexity index is 83.1. The molecular formula is C3H4OS. The Kier molecular flexibility index (Phi) is 0.424. The molecule has 0 saturated carbocycles. The summed E-state index contributed by atoms with van der Waals surface area (Å²) >= 11 is 0. The SMILES string of the molecule is C=C1CS1=O. The summed E-state index contributed by atoms with van der Waals surface area (Å²) in [5.74, 6) is 0.750. The van der Waals surface area contributed by atoms with Gasteiger partial charge in [-0.05, 0) is 0 Å². The molecule has 0 radical (unpaired) electrons. The van der Waals surface area contributed by atoms with Crippen LogP contribution in [0.5, 0.6) is 0 Å². The minimum atomic E-state index is -0.600. The van der Waals surface area contributed by atoms with E-state index in [0.717, 1.165) is 10.7 Å². The Morgan fingerprint density at radius 3 is 2.20 bits per heavy atom. The third kappa shape index (κ3) is 0.401. The topological polar surface area (TPSA) is 17.1 Å². The first-order valence-electron chi connectivity index (χ1n) is 1.37. The predicted molar refractivity (Wildman–Crippen MR) is 22.1 cm³/mol. The fourth-order valence-corrected chi connectivity index (χ4v) is 0.495. The van der Waals surface area contributed by atoms with Gasteiger partial charge in [0.1, 0.15) is 0 Å². The van der Waals surface area contributed by atoms with E-state index in [1.807, 2.05) is 0 Å². The maximum Gasteiger partial charge on any atom is 0.0608 e. The van der Waals surface area contributed by atoms with Crippen molar-refractivity contribution in [1.29, 1.82) is 0 Å². The van der Waals surface area contributed by atoms with Gasteiger partial charge in [0.15, 0.2) is 0 Å². The van der Waals surface area contributed by atoms with Crippen molar-refractivity contribution in [2.24, 2.45) is 0 Å². The van der Waals surface area contributed by atoms with Crippen LogP contribution in [0.4, 0.5) is 0 Å². The van der Waals surface area contributed by atoms with E-state index >= 15 is 0 Å². The van der Waals surface area contributed by atoms with Gasteiger partial charge in [-0.3, -0.25) is 4.21 Å². The van der Waals surface area contributed by atoms with Crippen LogP contribution in [-0.4, -0.2) is 9.96 Å². The molecule has 1 heterocycles. The molecule has 1 fully saturated rings. The summed E-state index contributed by atoms with van der Waals surface area (Å²) < 4.78 is 9.90. The Labute approximate surface area is 33.1 Å². The first-order chi connectivity index (χ1) is 2.30. The summed E-state index contributed by atoms with van der Waals surface area (Å²) in [5, 5.41) is 0. The summed E-state index contributed by atoms with van der Waals surface area (Å²) in [5.41, 5.74) is 0. The molecule has 1 nitrogen and oxygen atoms in total. The molecule has 0 aromatic heterocycles. The fourth-order valence-electron chi connectivity index (χ4n) is 0.117. The van der Waals surface area contributed by atoms with Gasteiger partial charge < -0.3 is 0 Å². The molecule has 1 rings (SSSR count). The Morgan fingerprint density at radius 1 is 2.00 bits per heavy atom. The highest BCUT2D eigenvalue weighted by atomic mass is 32.2. The molecule has 0 aliphatic carbocycles. The van der Waals surface area contributed by atoms with Crippen molar-refractivity contribution in [1.82, 2.24) is 0 Å². The van der Waals surface area contributed by atoms with Crippen molar-refractivity contribution in [2.75, 3.05) is 5.75 Å². The zero-order chi connectivity index (χ0) is 3.86. The van der Waals surface area contributed by atoms with Crippen LogP contribution in [0.1, 0.15) is 0 Å². The molecule has 0 aromatic rings. The zero-order valence-electron chi connectivity index (χ0n) is 2.73. The van der Waals surface area contributed by atoms with Crippen molar-refractivity contribution >= 4 is 10.8 Å². The maximum atomic E-state index is 9.90. The second kappa shape index (κ2) is 0.684. The van der Waals surface area contributed by atoms with Gasteiger partial charge in [-0.1, -0.05) is 6.58 Å². The van der Waals surface area contributed by atoms with Gasteiger partial charge in [0.2, 0.25) is 0 Å². The molecule has 28 valence electrons. The average molecular weight is 88.1 g/mol.